The molecular formula is C15H18N2O2. The van der Waals surface area contributed by atoms with E-state index in [-0.39, 0.29) is 6.10 Å². The summed E-state index contributed by atoms with van der Waals surface area (Å²) in [5.41, 5.74) is 0.846. The van der Waals surface area contributed by atoms with Crippen molar-refractivity contribution in [3.8, 4) is 0 Å². The van der Waals surface area contributed by atoms with Gasteiger partial charge in [0.1, 0.15) is 12.2 Å². The van der Waals surface area contributed by atoms with Crippen LogP contribution in [0.3, 0.4) is 0 Å². The van der Waals surface area contributed by atoms with Gasteiger partial charge in [0.2, 0.25) is 0 Å². The minimum atomic E-state index is -0.638. The normalized spacial score (nSPS) is 22.5. The summed E-state index contributed by atoms with van der Waals surface area (Å²) in [5, 5.41) is 12.7. The van der Waals surface area contributed by atoms with Gasteiger partial charge in [-0.1, -0.05) is 24.3 Å². The number of hydrogen-bond acceptors (Lipinski definition) is 4. The zero-order valence-electron chi connectivity index (χ0n) is 11.0. The number of aliphatic hydroxyl groups is 1. The fourth-order valence-electron chi connectivity index (χ4n) is 2.58. The van der Waals surface area contributed by atoms with E-state index in [1.165, 1.54) is 0 Å². The van der Waals surface area contributed by atoms with E-state index in [2.05, 4.69) is 9.88 Å². The van der Waals surface area contributed by atoms with Crippen molar-refractivity contribution in [3.05, 3.63) is 42.2 Å². The number of morpholine rings is 1. The van der Waals surface area contributed by atoms with Gasteiger partial charge in [0.25, 0.3) is 0 Å². The topological polar surface area (TPSA) is 45.6 Å². The van der Waals surface area contributed by atoms with E-state index in [0.717, 1.165) is 29.4 Å². The van der Waals surface area contributed by atoms with E-state index in [1.54, 1.807) is 6.20 Å². The summed E-state index contributed by atoms with van der Waals surface area (Å²) in [4.78, 5) is 6.40. The fraction of sp³-hybridized carbons (Fsp3) is 0.400. The van der Waals surface area contributed by atoms with Gasteiger partial charge in [-0.2, -0.15) is 0 Å². The number of aromatic nitrogens is 1. The highest BCUT2D eigenvalue weighted by Gasteiger charge is 2.27. The quantitative estimate of drug-likeness (QED) is 0.888. The summed E-state index contributed by atoms with van der Waals surface area (Å²) < 4.78 is 5.69. The number of ether oxygens (including phenoxy) is 1. The molecule has 0 bridgehead atoms. The predicted molar refractivity (Wildman–Crippen MR) is 73.9 cm³/mol. The second-order valence-electron chi connectivity index (χ2n) is 5.07. The molecule has 1 aromatic carbocycles. The Bertz CT molecular complexity index is 568. The number of hydrogen-bond donors (Lipinski definition) is 1. The molecule has 2 atom stereocenters. The highest BCUT2D eigenvalue weighted by atomic mass is 16.5. The SMILES string of the molecule is CN1CCOC(C(O)c2cncc3ccccc23)C1. The Labute approximate surface area is 112 Å². The number of aliphatic hydroxyl groups excluding tert-OH is 1. The van der Waals surface area contributed by atoms with Crippen molar-refractivity contribution in [1.29, 1.82) is 0 Å². The molecule has 2 heterocycles. The molecule has 0 aliphatic carbocycles. The molecule has 4 heteroatoms. The van der Waals surface area contributed by atoms with Crippen LogP contribution >= 0.6 is 0 Å². The van der Waals surface area contributed by atoms with Gasteiger partial charge in [0, 0.05) is 36.4 Å². The molecule has 1 aliphatic heterocycles. The van der Waals surface area contributed by atoms with E-state index in [4.69, 9.17) is 4.74 Å². The van der Waals surface area contributed by atoms with Crippen LogP contribution in [0.5, 0.6) is 0 Å². The van der Waals surface area contributed by atoms with Crippen LogP contribution in [0.2, 0.25) is 0 Å². The average molecular weight is 258 g/mol. The van der Waals surface area contributed by atoms with Crippen LogP contribution in [0.4, 0.5) is 0 Å². The highest BCUT2D eigenvalue weighted by Crippen LogP contribution is 2.27. The van der Waals surface area contributed by atoms with Gasteiger partial charge in [-0.05, 0) is 12.4 Å². The van der Waals surface area contributed by atoms with Crippen LogP contribution in [0.1, 0.15) is 11.7 Å². The molecule has 0 saturated carbocycles. The largest absolute Gasteiger partial charge is 0.386 e. The molecule has 1 aliphatic rings. The molecular weight excluding hydrogens is 240 g/mol. The lowest BCUT2D eigenvalue weighted by Crippen LogP contribution is -2.43. The van der Waals surface area contributed by atoms with Gasteiger partial charge in [-0.3, -0.25) is 4.98 Å². The van der Waals surface area contributed by atoms with E-state index >= 15 is 0 Å². The molecule has 0 radical (unpaired) electrons. The fourth-order valence-corrected chi connectivity index (χ4v) is 2.58. The maximum absolute atomic E-state index is 10.6. The lowest BCUT2D eigenvalue weighted by atomic mass is 9.99. The third-order valence-electron chi connectivity index (χ3n) is 3.67. The molecule has 2 aromatic rings. The van der Waals surface area contributed by atoms with Crippen molar-refractivity contribution in [2.45, 2.75) is 12.2 Å². The van der Waals surface area contributed by atoms with Gasteiger partial charge in [0.15, 0.2) is 0 Å². The minimum Gasteiger partial charge on any atom is -0.386 e. The lowest BCUT2D eigenvalue weighted by Gasteiger charge is -2.33. The van der Waals surface area contributed by atoms with Gasteiger partial charge >= 0.3 is 0 Å². The third-order valence-corrected chi connectivity index (χ3v) is 3.67. The Morgan fingerprint density at radius 3 is 3.05 bits per heavy atom. The molecule has 1 saturated heterocycles. The molecule has 1 fully saturated rings. The first kappa shape index (κ1) is 12.5. The van der Waals surface area contributed by atoms with Gasteiger partial charge in [-0.25, -0.2) is 0 Å². The van der Waals surface area contributed by atoms with E-state index in [1.807, 2.05) is 37.5 Å². The molecule has 0 spiro atoms. The van der Waals surface area contributed by atoms with Crippen LogP contribution in [0.15, 0.2) is 36.7 Å². The summed E-state index contributed by atoms with van der Waals surface area (Å²) in [6, 6.07) is 7.98. The van der Waals surface area contributed by atoms with Gasteiger partial charge in [-0.15, -0.1) is 0 Å². The Morgan fingerprint density at radius 2 is 2.21 bits per heavy atom. The average Bonchev–Trinajstić information content (AvgIpc) is 2.46. The molecule has 4 nitrogen and oxygen atoms in total. The van der Waals surface area contributed by atoms with Crippen LogP contribution in [0, 0.1) is 0 Å². The van der Waals surface area contributed by atoms with E-state index in [9.17, 15) is 5.11 Å². The van der Waals surface area contributed by atoms with E-state index in [0.29, 0.717) is 6.61 Å². The molecule has 1 aromatic heterocycles. The summed E-state index contributed by atoms with van der Waals surface area (Å²) in [7, 11) is 2.05. The predicted octanol–water partition coefficient (Wildman–Crippen LogP) is 1.60. The smallest absolute Gasteiger partial charge is 0.108 e. The summed E-state index contributed by atoms with van der Waals surface area (Å²) in [5.74, 6) is 0. The number of pyridine rings is 1. The Hall–Kier alpha value is -1.49. The van der Waals surface area contributed by atoms with Gasteiger partial charge in [0.05, 0.1) is 6.61 Å². The van der Waals surface area contributed by atoms with Crippen molar-refractivity contribution in [1.82, 2.24) is 9.88 Å². The minimum absolute atomic E-state index is 0.189. The van der Waals surface area contributed by atoms with Crippen molar-refractivity contribution >= 4 is 10.8 Å². The first-order valence-corrected chi connectivity index (χ1v) is 6.56. The van der Waals surface area contributed by atoms with Crippen LogP contribution < -0.4 is 0 Å². The Kier molecular flexibility index (Phi) is 3.46. The van der Waals surface area contributed by atoms with Crippen molar-refractivity contribution in [3.63, 3.8) is 0 Å². The second kappa shape index (κ2) is 5.25. The zero-order valence-corrected chi connectivity index (χ0v) is 11.0. The molecule has 19 heavy (non-hydrogen) atoms. The summed E-state index contributed by atoms with van der Waals surface area (Å²) in [6.45, 7) is 2.32. The number of nitrogens with zero attached hydrogens (tertiary/aromatic N) is 2. The number of rotatable bonds is 2. The second-order valence-corrected chi connectivity index (χ2v) is 5.07. The van der Waals surface area contributed by atoms with Crippen LogP contribution in [0.25, 0.3) is 10.8 Å². The Balaban J connectivity index is 1.95. The standard InChI is InChI=1S/C15H18N2O2/c1-17-6-7-19-14(10-17)15(18)13-9-16-8-11-4-2-3-5-12(11)13/h2-5,8-9,14-15,18H,6-7,10H2,1H3. The van der Waals surface area contributed by atoms with Gasteiger partial charge < -0.3 is 14.7 Å². The molecule has 2 unspecified atom stereocenters. The number of benzene rings is 1. The molecule has 1 N–H and O–H groups in total. The monoisotopic (exact) mass is 258 g/mol. The first-order chi connectivity index (χ1) is 9.25. The van der Waals surface area contributed by atoms with E-state index < -0.39 is 6.10 Å². The maximum atomic E-state index is 10.6. The molecule has 0 amide bonds. The lowest BCUT2D eigenvalue weighted by molar-refractivity contribution is -0.0841. The van der Waals surface area contributed by atoms with Crippen molar-refractivity contribution < 1.29 is 9.84 Å². The third kappa shape index (κ3) is 2.47. The van der Waals surface area contributed by atoms with Crippen molar-refractivity contribution in [2.24, 2.45) is 0 Å². The van der Waals surface area contributed by atoms with Crippen LogP contribution in [-0.2, 0) is 4.74 Å². The first-order valence-electron chi connectivity index (χ1n) is 6.56. The maximum Gasteiger partial charge on any atom is 0.108 e. The molecule has 3 rings (SSSR count). The summed E-state index contributed by atoms with van der Waals surface area (Å²) in [6.07, 6.45) is 2.73. The Morgan fingerprint density at radius 1 is 1.37 bits per heavy atom. The van der Waals surface area contributed by atoms with Crippen LogP contribution in [-0.4, -0.2) is 47.8 Å². The number of likely N-dealkylation sites (N-methyl/N-ethyl adjacent to an activating group) is 1. The van der Waals surface area contributed by atoms with Crippen molar-refractivity contribution in [2.75, 3.05) is 26.7 Å². The zero-order chi connectivity index (χ0) is 13.2. The highest BCUT2D eigenvalue weighted by molar-refractivity contribution is 5.84. The molecule has 100 valence electrons. The number of fused-ring (bicyclic) bond motifs is 1. The summed E-state index contributed by atoms with van der Waals surface area (Å²) >= 11 is 0.